The number of rotatable bonds is 10. The Morgan fingerprint density at radius 3 is 2.45 bits per heavy atom. The number of benzene rings is 2. The Labute approximate surface area is 223 Å². The number of allylic oxidation sites excluding steroid dienone is 3. The van der Waals surface area contributed by atoms with Crippen molar-refractivity contribution >= 4 is 11.8 Å². The summed E-state index contributed by atoms with van der Waals surface area (Å²) < 4.78 is 27.4. The molecule has 1 N–H and O–H groups in total. The topological polar surface area (TPSA) is 92.3 Å². The number of hydrogen-bond acceptors (Lipinski definition) is 8. The molecule has 2 aliphatic rings. The van der Waals surface area contributed by atoms with Crippen molar-refractivity contribution in [3.63, 3.8) is 0 Å². The Kier molecular flexibility index (Phi) is 8.73. The number of methoxy groups -OCH3 is 3. The molecule has 1 aliphatic heterocycles. The van der Waals surface area contributed by atoms with E-state index in [1.165, 1.54) is 0 Å². The van der Waals surface area contributed by atoms with Crippen LogP contribution in [0.1, 0.15) is 49.7 Å². The van der Waals surface area contributed by atoms with Crippen LogP contribution in [-0.4, -0.2) is 52.9 Å². The number of dihydropyridines is 1. The van der Waals surface area contributed by atoms with Crippen LogP contribution in [0, 0.1) is 0 Å². The second kappa shape index (κ2) is 12.2. The summed E-state index contributed by atoms with van der Waals surface area (Å²) in [7, 11) is 4.74. The van der Waals surface area contributed by atoms with Gasteiger partial charge in [0, 0.05) is 36.1 Å². The Bertz CT molecular complexity index is 1260. The van der Waals surface area contributed by atoms with Gasteiger partial charge in [0.15, 0.2) is 17.3 Å². The summed E-state index contributed by atoms with van der Waals surface area (Å²) in [6.45, 7) is 4.61. The van der Waals surface area contributed by atoms with Crippen LogP contribution in [0.5, 0.6) is 17.2 Å². The van der Waals surface area contributed by atoms with Crippen LogP contribution in [0.2, 0.25) is 0 Å². The van der Waals surface area contributed by atoms with Crippen molar-refractivity contribution in [1.82, 2.24) is 5.32 Å². The zero-order chi connectivity index (χ0) is 27.2. The summed E-state index contributed by atoms with van der Waals surface area (Å²) in [6, 6.07) is 13.3. The van der Waals surface area contributed by atoms with E-state index in [1.54, 1.807) is 21.3 Å². The van der Waals surface area contributed by atoms with Crippen molar-refractivity contribution in [1.29, 1.82) is 0 Å². The van der Waals surface area contributed by atoms with Crippen LogP contribution in [0.15, 0.2) is 65.0 Å². The highest BCUT2D eigenvalue weighted by Crippen LogP contribution is 2.48. The first-order valence-electron chi connectivity index (χ1n) is 12.8. The first kappa shape index (κ1) is 27.3. The Morgan fingerprint density at radius 1 is 0.974 bits per heavy atom. The number of ketones is 1. The van der Waals surface area contributed by atoms with E-state index in [-0.39, 0.29) is 24.9 Å². The molecule has 0 saturated heterocycles. The van der Waals surface area contributed by atoms with Gasteiger partial charge in [-0.05, 0) is 49.9 Å². The number of carbonyl (C=O) groups is 2. The fourth-order valence-electron chi connectivity index (χ4n) is 5.26. The van der Waals surface area contributed by atoms with Crippen LogP contribution in [0.25, 0.3) is 0 Å². The lowest BCUT2D eigenvalue weighted by Crippen LogP contribution is -2.36. The minimum absolute atomic E-state index is 0.0236. The van der Waals surface area contributed by atoms with Crippen LogP contribution < -0.4 is 19.5 Å². The van der Waals surface area contributed by atoms with Gasteiger partial charge in [-0.3, -0.25) is 4.79 Å². The average molecular weight is 522 g/mol. The summed E-state index contributed by atoms with van der Waals surface area (Å²) in [5.41, 5.74) is 4.20. The molecule has 1 heterocycles. The molecule has 0 radical (unpaired) electrons. The van der Waals surface area contributed by atoms with Crippen LogP contribution in [-0.2, 0) is 19.1 Å². The maximum absolute atomic E-state index is 13.9. The highest BCUT2D eigenvalue weighted by atomic mass is 16.6. The van der Waals surface area contributed by atoms with Gasteiger partial charge in [0.2, 0.25) is 0 Å². The Hall–Kier alpha value is -3.78. The number of para-hydroxylation sites is 1. The number of esters is 1. The number of carbonyl (C=O) groups excluding carboxylic acids is 2. The Morgan fingerprint density at radius 2 is 1.74 bits per heavy atom. The predicted molar refractivity (Wildman–Crippen MR) is 143 cm³/mol. The molecular formula is C30H35NO7. The number of nitrogens with one attached hydrogen (secondary N) is 1. The first-order chi connectivity index (χ1) is 18.4. The molecule has 0 fully saturated rings. The van der Waals surface area contributed by atoms with Gasteiger partial charge < -0.3 is 29.0 Å². The zero-order valence-corrected chi connectivity index (χ0v) is 22.6. The third-order valence-electron chi connectivity index (χ3n) is 6.98. The van der Waals surface area contributed by atoms with Gasteiger partial charge >= 0.3 is 5.97 Å². The highest BCUT2D eigenvalue weighted by Gasteiger charge is 2.42. The van der Waals surface area contributed by atoms with Gasteiger partial charge in [0.25, 0.3) is 0 Å². The number of Topliss-reactive ketones (excluding diaryl/α,β-unsaturated/α-hetero) is 1. The van der Waals surface area contributed by atoms with E-state index >= 15 is 0 Å². The second-order valence-electron chi connectivity index (χ2n) is 9.23. The molecule has 0 bridgehead atoms. The normalized spacial score (nSPS) is 19.0. The molecule has 1 aliphatic carbocycles. The Balaban J connectivity index is 1.78. The van der Waals surface area contributed by atoms with Crippen LogP contribution >= 0.6 is 0 Å². The summed E-state index contributed by atoms with van der Waals surface area (Å²) >= 11 is 0. The van der Waals surface area contributed by atoms with Crippen molar-refractivity contribution in [3.05, 3.63) is 76.1 Å². The maximum Gasteiger partial charge on any atom is 0.336 e. The molecule has 0 amide bonds. The van der Waals surface area contributed by atoms with E-state index < -0.39 is 11.9 Å². The molecule has 2 aromatic carbocycles. The first-order valence-corrected chi connectivity index (χ1v) is 12.8. The third kappa shape index (κ3) is 5.41. The van der Waals surface area contributed by atoms with Gasteiger partial charge in [-0.25, -0.2) is 4.79 Å². The molecule has 2 atom stereocenters. The standard InChI is InChI=1S/C30H35NO7/c1-6-37-24-10-8-7-9-21(24)28-27(30(33)38-14-13-34-3)18(2)31-22-15-20(16-23(32)29(22)28)19-11-12-25(35-4)26(17-19)36-5/h7-12,17,20,28,31H,6,13-16H2,1-5H3. The van der Waals surface area contributed by atoms with Crippen molar-refractivity contribution in [2.45, 2.75) is 38.5 Å². The minimum Gasteiger partial charge on any atom is -0.494 e. The lowest BCUT2D eigenvalue weighted by Gasteiger charge is -2.37. The third-order valence-corrected chi connectivity index (χ3v) is 6.98. The molecule has 8 nitrogen and oxygen atoms in total. The second-order valence-corrected chi connectivity index (χ2v) is 9.23. The maximum atomic E-state index is 13.9. The van der Waals surface area contributed by atoms with Crippen molar-refractivity contribution < 1.29 is 33.3 Å². The predicted octanol–water partition coefficient (Wildman–Crippen LogP) is 4.65. The van der Waals surface area contributed by atoms with Gasteiger partial charge in [-0.2, -0.15) is 0 Å². The molecule has 0 aromatic heterocycles. The van der Waals surface area contributed by atoms with Crippen molar-refractivity contribution in [2.75, 3.05) is 41.2 Å². The van der Waals surface area contributed by atoms with Crippen LogP contribution in [0.4, 0.5) is 0 Å². The van der Waals surface area contributed by atoms with Crippen molar-refractivity contribution in [3.8, 4) is 17.2 Å². The van der Waals surface area contributed by atoms with E-state index in [2.05, 4.69) is 5.32 Å². The summed E-state index contributed by atoms with van der Waals surface area (Å²) in [5.74, 6) is 0.724. The molecule has 202 valence electrons. The smallest absolute Gasteiger partial charge is 0.336 e. The van der Waals surface area contributed by atoms with Gasteiger partial charge in [-0.1, -0.05) is 24.3 Å². The lowest BCUT2D eigenvalue weighted by atomic mass is 9.71. The van der Waals surface area contributed by atoms with Gasteiger partial charge in [-0.15, -0.1) is 0 Å². The molecule has 4 rings (SSSR count). The zero-order valence-electron chi connectivity index (χ0n) is 22.6. The quantitative estimate of drug-likeness (QED) is 0.357. The van der Waals surface area contributed by atoms with Crippen molar-refractivity contribution in [2.24, 2.45) is 0 Å². The molecule has 2 aromatic rings. The monoisotopic (exact) mass is 521 g/mol. The summed E-state index contributed by atoms with van der Waals surface area (Å²) in [5, 5.41) is 3.38. The van der Waals surface area contributed by atoms with E-state index in [0.29, 0.717) is 53.5 Å². The molecule has 2 unspecified atom stereocenters. The lowest BCUT2D eigenvalue weighted by molar-refractivity contribution is -0.140. The largest absolute Gasteiger partial charge is 0.494 e. The fourth-order valence-corrected chi connectivity index (χ4v) is 5.26. The molecule has 0 spiro atoms. The molecule has 8 heteroatoms. The summed E-state index contributed by atoms with van der Waals surface area (Å²) in [6.07, 6.45) is 0.904. The van der Waals surface area contributed by atoms with Gasteiger partial charge in [0.1, 0.15) is 12.4 Å². The number of hydrogen-bond donors (Lipinski definition) is 1. The van der Waals surface area contributed by atoms with E-state index in [4.69, 9.17) is 23.7 Å². The van der Waals surface area contributed by atoms with Crippen LogP contribution in [0.3, 0.4) is 0 Å². The van der Waals surface area contributed by atoms with E-state index in [1.807, 2.05) is 56.3 Å². The van der Waals surface area contributed by atoms with E-state index in [9.17, 15) is 9.59 Å². The fraction of sp³-hybridized carbons (Fsp3) is 0.400. The average Bonchev–Trinajstić information content (AvgIpc) is 2.92. The SMILES string of the molecule is CCOc1ccccc1C1C(C(=O)OCCOC)=C(C)NC2=C1C(=O)CC(c1ccc(OC)c(OC)c1)C2. The molecule has 0 saturated carbocycles. The highest BCUT2D eigenvalue weighted by molar-refractivity contribution is 6.04. The minimum atomic E-state index is -0.608. The molecule has 38 heavy (non-hydrogen) atoms. The van der Waals surface area contributed by atoms with E-state index in [0.717, 1.165) is 16.8 Å². The van der Waals surface area contributed by atoms with Gasteiger partial charge in [0.05, 0.1) is 38.9 Å². The number of ether oxygens (including phenoxy) is 5. The summed E-state index contributed by atoms with van der Waals surface area (Å²) in [4.78, 5) is 27.2. The molecular weight excluding hydrogens is 486 g/mol.